The molecule has 0 saturated carbocycles. The maximum absolute atomic E-state index is 11.3. The van der Waals surface area contributed by atoms with E-state index in [-0.39, 0.29) is 24.9 Å². The third-order valence-corrected chi connectivity index (χ3v) is 1.98. The van der Waals surface area contributed by atoms with Gasteiger partial charge < -0.3 is 20.3 Å². The number of ether oxygens (including phenoxy) is 1. The summed E-state index contributed by atoms with van der Waals surface area (Å²) >= 11 is 0. The molecular weight excluding hydrogens is 222 g/mol. The Labute approximate surface area is 94.7 Å². The van der Waals surface area contributed by atoms with E-state index in [2.05, 4.69) is 10.6 Å². The van der Waals surface area contributed by atoms with Gasteiger partial charge in [0, 0.05) is 33.2 Å². The van der Waals surface area contributed by atoms with E-state index in [4.69, 9.17) is 4.74 Å². The normalized spacial score (nSPS) is 15.1. The Morgan fingerprint density at radius 2 is 2.00 bits per heavy atom. The van der Waals surface area contributed by atoms with E-state index in [0.717, 1.165) is 13.1 Å². The molecular formula is C8H16ClN3O3. The van der Waals surface area contributed by atoms with Gasteiger partial charge in [0.15, 0.2) is 6.61 Å². The molecule has 1 fully saturated rings. The zero-order valence-electron chi connectivity index (χ0n) is 8.62. The van der Waals surface area contributed by atoms with Crippen LogP contribution in [0.2, 0.25) is 0 Å². The summed E-state index contributed by atoms with van der Waals surface area (Å²) in [5, 5.41) is 5.49. The van der Waals surface area contributed by atoms with E-state index < -0.39 is 6.09 Å². The molecule has 0 spiro atoms. The Bertz CT molecular complexity index is 219. The zero-order valence-corrected chi connectivity index (χ0v) is 9.43. The van der Waals surface area contributed by atoms with Crippen molar-refractivity contribution < 1.29 is 14.3 Å². The molecule has 0 aromatic carbocycles. The van der Waals surface area contributed by atoms with Crippen LogP contribution >= 0.6 is 12.4 Å². The fourth-order valence-electron chi connectivity index (χ4n) is 1.14. The van der Waals surface area contributed by atoms with Gasteiger partial charge >= 0.3 is 6.09 Å². The molecule has 1 aliphatic heterocycles. The van der Waals surface area contributed by atoms with Crippen LogP contribution in [0.25, 0.3) is 0 Å². The first-order valence-corrected chi connectivity index (χ1v) is 4.57. The predicted octanol–water partition coefficient (Wildman–Crippen LogP) is -0.804. The molecule has 0 atom stereocenters. The summed E-state index contributed by atoms with van der Waals surface area (Å²) in [5.74, 6) is -0.298. The van der Waals surface area contributed by atoms with Gasteiger partial charge in [0.1, 0.15) is 0 Å². The molecule has 1 heterocycles. The zero-order chi connectivity index (χ0) is 10.4. The molecule has 15 heavy (non-hydrogen) atoms. The van der Waals surface area contributed by atoms with Crippen molar-refractivity contribution in [3.63, 3.8) is 0 Å². The molecule has 0 bridgehead atoms. The fourth-order valence-corrected chi connectivity index (χ4v) is 1.14. The van der Waals surface area contributed by atoms with Crippen molar-refractivity contribution >= 4 is 24.4 Å². The van der Waals surface area contributed by atoms with Crippen LogP contribution in [0.1, 0.15) is 0 Å². The van der Waals surface area contributed by atoms with E-state index in [9.17, 15) is 9.59 Å². The predicted molar refractivity (Wildman–Crippen MR) is 57.1 cm³/mol. The van der Waals surface area contributed by atoms with Crippen LogP contribution < -0.4 is 10.6 Å². The standard InChI is InChI=1S/C8H15N3O3.ClH/c1-9-7(12)6-14-8(13)11-4-2-10-3-5-11;/h10H,2-6H2,1H3,(H,9,12);1H. The Morgan fingerprint density at radius 1 is 1.40 bits per heavy atom. The minimum Gasteiger partial charge on any atom is -0.439 e. The summed E-state index contributed by atoms with van der Waals surface area (Å²) in [5.41, 5.74) is 0. The third kappa shape index (κ3) is 4.85. The SMILES string of the molecule is CNC(=O)COC(=O)N1CCNCC1.Cl. The molecule has 0 aromatic rings. The molecule has 1 saturated heterocycles. The highest BCUT2D eigenvalue weighted by atomic mass is 35.5. The first-order valence-electron chi connectivity index (χ1n) is 4.57. The van der Waals surface area contributed by atoms with Crippen LogP contribution in [0.4, 0.5) is 4.79 Å². The van der Waals surface area contributed by atoms with Crippen molar-refractivity contribution in [1.82, 2.24) is 15.5 Å². The fraction of sp³-hybridized carbons (Fsp3) is 0.750. The van der Waals surface area contributed by atoms with Crippen LogP contribution in [-0.2, 0) is 9.53 Å². The van der Waals surface area contributed by atoms with E-state index in [1.165, 1.54) is 7.05 Å². The number of amides is 2. The summed E-state index contributed by atoms with van der Waals surface area (Å²) in [6.07, 6.45) is -0.421. The van der Waals surface area contributed by atoms with Crippen molar-refractivity contribution in [3.8, 4) is 0 Å². The second-order valence-corrected chi connectivity index (χ2v) is 2.96. The Kier molecular flexibility index (Phi) is 6.81. The minimum atomic E-state index is -0.421. The van der Waals surface area contributed by atoms with Gasteiger partial charge in [-0.05, 0) is 0 Å². The third-order valence-electron chi connectivity index (χ3n) is 1.98. The highest BCUT2D eigenvalue weighted by molar-refractivity contribution is 5.85. The number of carbonyl (C=O) groups excluding carboxylic acids is 2. The number of likely N-dealkylation sites (N-methyl/N-ethyl adjacent to an activating group) is 1. The van der Waals surface area contributed by atoms with Gasteiger partial charge in [0.05, 0.1) is 0 Å². The van der Waals surface area contributed by atoms with E-state index in [1.54, 1.807) is 4.90 Å². The van der Waals surface area contributed by atoms with Crippen LogP contribution in [0.3, 0.4) is 0 Å². The van der Waals surface area contributed by atoms with Gasteiger partial charge in [0.2, 0.25) is 0 Å². The van der Waals surface area contributed by atoms with Gasteiger partial charge in [-0.25, -0.2) is 4.79 Å². The van der Waals surface area contributed by atoms with E-state index >= 15 is 0 Å². The lowest BCUT2D eigenvalue weighted by atomic mass is 10.4. The molecule has 1 aliphatic rings. The second kappa shape index (κ2) is 7.30. The van der Waals surface area contributed by atoms with E-state index in [1.807, 2.05) is 0 Å². The Hall–Kier alpha value is -1.01. The molecule has 1 rings (SSSR count). The number of carbonyl (C=O) groups is 2. The maximum atomic E-state index is 11.3. The molecule has 6 nitrogen and oxygen atoms in total. The summed E-state index contributed by atoms with van der Waals surface area (Å²) < 4.78 is 4.78. The lowest BCUT2D eigenvalue weighted by Crippen LogP contribution is -2.47. The van der Waals surface area contributed by atoms with Crippen LogP contribution in [0.5, 0.6) is 0 Å². The van der Waals surface area contributed by atoms with Crippen molar-refractivity contribution in [2.45, 2.75) is 0 Å². The Balaban J connectivity index is 0.00000196. The summed E-state index contributed by atoms with van der Waals surface area (Å²) in [6.45, 7) is 2.60. The van der Waals surface area contributed by atoms with Gasteiger partial charge in [-0.1, -0.05) is 0 Å². The molecule has 2 N–H and O–H groups in total. The number of hydrogen-bond donors (Lipinski definition) is 2. The topological polar surface area (TPSA) is 70.7 Å². The van der Waals surface area contributed by atoms with Crippen molar-refractivity contribution in [2.75, 3.05) is 39.8 Å². The monoisotopic (exact) mass is 237 g/mol. The van der Waals surface area contributed by atoms with Gasteiger partial charge in [0.25, 0.3) is 5.91 Å². The van der Waals surface area contributed by atoms with Crippen LogP contribution in [0, 0.1) is 0 Å². The average molecular weight is 238 g/mol. The minimum absolute atomic E-state index is 0. The molecule has 2 amide bonds. The van der Waals surface area contributed by atoms with Crippen molar-refractivity contribution in [3.05, 3.63) is 0 Å². The number of nitrogens with zero attached hydrogens (tertiary/aromatic N) is 1. The Morgan fingerprint density at radius 3 is 2.53 bits per heavy atom. The highest BCUT2D eigenvalue weighted by Gasteiger charge is 2.17. The summed E-state index contributed by atoms with van der Waals surface area (Å²) in [7, 11) is 1.50. The molecule has 0 unspecified atom stereocenters. The van der Waals surface area contributed by atoms with E-state index in [0.29, 0.717) is 13.1 Å². The number of hydrogen-bond acceptors (Lipinski definition) is 4. The molecule has 0 aliphatic carbocycles. The van der Waals surface area contributed by atoms with Gasteiger partial charge in [-0.3, -0.25) is 4.79 Å². The van der Waals surface area contributed by atoms with Crippen LogP contribution in [-0.4, -0.2) is 56.7 Å². The molecule has 0 radical (unpaired) electrons. The number of rotatable bonds is 2. The van der Waals surface area contributed by atoms with Gasteiger partial charge in [-0.15, -0.1) is 12.4 Å². The molecule has 88 valence electrons. The highest BCUT2D eigenvalue weighted by Crippen LogP contribution is 1.96. The van der Waals surface area contributed by atoms with Gasteiger partial charge in [-0.2, -0.15) is 0 Å². The smallest absolute Gasteiger partial charge is 0.410 e. The van der Waals surface area contributed by atoms with Crippen LogP contribution in [0.15, 0.2) is 0 Å². The largest absolute Gasteiger partial charge is 0.439 e. The molecule has 7 heteroatoms. The molecule has 0 aromatic heterocycles. The number of halogens is 1. The second-order valence-electron chi connectivity index (χ2n) is 2.96. The van der Waals surface area contributed by atoms with Crippen molar-refractivity contribution in [2.24, 2.45) is 0 Å². The summed E-state index contributed by atoms with van der Waals surface area (Å²) in [6, 6.07) is 0. The maximum Gasteiger partial charge on any atom is 0.410 e. The number of nitrogens with one attached hydrogen (secondary N) is 2. The van der Waals surface area contributed by atoms with Crippen molar-refractivity contribution in [1.29, 1.82) is 0 Å². The summed E-state index contributed by atoms with van der Waals surface area (Å²) in [4.78, 5) is 23.7. The average Bonchev–Trinajstić information content (AvgIpc) is 2.26. The number of piperazine rings is 1. The quantitative estimate of drug-likeness (QED) is 0.660. The lowest BCUT2D eigenvalue weighted by Gasteiger charge is -2.26. The first kappa shape index (κ1) is 14.0. The lowest BCUT2D eigenvalue weighted by molar-refractivity contribution is -0.123. The first-order chi connectivity index (χ1) is 6.74.